The molecule has 3 heteroatoms. The monoisotopic (exact) mass is 571 g/mol. The number of halogens is 1. The van der Waals surface area contributed by atoms with Crippen LogP contribution < -0.4 is 0 Å². The van der Waals surface area contributed by atoms with Crippen molar-refractivity contribution >= 4 is 17.0 Å². The Hall–Kier alpha value is -0.240. The molecule has 0 aliphatic rings. The Morgan fingerprint density at radius 2 is 0.538 bits per heavy atom. The lowest BCUT2D eigenvalue weighted by Crippen LogP contribution is -1.96. The first-order valence-electron chi connectivity index (χ1n) is 18.1. The highest BCUT2D eigenvalue weighted by Gasteiger charge is 1.98. The second kappa shape index (κ2) is 35.8. The van der Waals surface area contributed by atoms with Gasteiger partial charge < -0.3 is 4.74 Å². The first-order chi connectivity index (χ1) is 19.3. The zero-order valence-corrected chi connectivity index (χ0v) is 27.5. The molecule has 0 bridgehead atoms. The highest BCUT2D eigenvalue weighted by atomic mass is 35.5. The van der Waals surface area contributed by atoms with Crippen molar-refractivity contribution in [3.8, 4) is 0 Å². The molecule has 0 unspecified atom stereocenters. The van der Waals surface area contributed by atoms with Crippen molar-refractivity contribution in [1.29, 1.82) is 0 Å². The van der Waals surface area contributed by atoms with Crippen molar-refractivity contribution < 1.29 is 9.53 Å². The quantitative estimate of drug-likeness (QED) is 0.0567. The fraction of sp³-hybridized carbons (Fsp3) is 0.972. The Morgan fingerprint density at radius 3 is 0.718 bits per heavy atom. The van der Waals surface area contributed by atoms with Gasteiger partial charge in [0.2, 0.25) is 0 Å². The fourth-order valence-corrected chi connectivity index (χ4v) is 5.88. The summed E-state index contributed by atoms with van der Waals surface area (Å²) in [6.45, 7) is 2.78. The molecule has 0 aliphatic heterocycles. The minimum Gasteiger partial charge on any atom is -0.454 e. The van der Waals surface area contributed by atoms with Gasteiger partial charge in [-0.1, -0.05) is 212 Å². The van der Waals surface area contributed by atoms with Gasteiger partial charge in [0.05, 0.1) is 6.61 Å². The number of ether oxygens (including phenoxy) is 1. The topological polar surface area (TPSA) is 26.3 Å². The van der Waals surface area contributed by atoms with Crippen LogP contribution in [0.5, 0.6) is 0 Å². The standard InChI is InChI=1S/C36H71ClO2/c1-2-3-4-5-6-7-8-9-10-11-12-13-14-15-16-17-18-19-20-21-22-23-24-25-26-27-28-29-30-31-32-33-34-35-39-36(37)38/h2-35H2,1H3. The Bertz CT molecular complexity index is 453. The van der Waals surface area contributed by atoms with Gasteiger partial charge in [-0.25, -0.2) is 4.79 Å². The molecular weight excluding hydrogens is 500 g/mol. The van der Waals surface area contributed by atoms with Gasteiger partial charge in [0, 0.05) is 11.6 Å². The van der Waals surface area contributed by atoms with Crippen LogP contribution in [0, 0.1) is 0 Å². The molecule has 0 heterocycles. The molecule has 0 radical (unpaired) electrons. The summed E-state index contributed by atoms with van der Waals surface area (Å²) in [5, 5.41) is 0. The summed E-state index contributed by atoms with van der Waals surface area (Å²) in [4.78, 5) is 10.5. The third-order valence-corrected chi connectivity index (χ3v) is 8.57. The summed E-state index contributed by atoms with van der Waals surface area (Å²) < 4.78 is 4.74. The molecule has 0 fully saturated rings. The Labute approximate surface area is 251 Å². The first kappa shape index (κ1) is 38.8. The molecule has 234 valence electrons. The van der Waals surface area contributed by atoms with E-state index < -0.39 is 5.43 Å². The molecule has 2 nitrogen and oxygen atoms in total. The minimum absolute atomic E-state index is 0.474. The minimum atomic E-state index is -0.675. The van der Waals surface area contributed by atoms with Gasteiger partial charge in [-0.15, -0.1) is 0 Å². The lowest BCUT2D eigenvalue weighted by Gasteiger charge is -2.05. The van der Waals surface area contributed by atoms with Crippen LogP contribution >= 0.6 is 11.6 Å². The van der Waals surface area contributed by atoms with Crippen LogP contribution in [0.25, 0.3) is 0 Å². The van der Waals surface area contributed by atoms with E-state index in [0.29, 0.717) is 6.61 Å². The Morgan fingerprint density at radius 1 is 0.359 bits per heavy atom. The number of rotatable bonds is 34. The summed E-state index contributed by atoms with van der Waals surface area (Å²) >= 11 is 5.14. The van der Waals surface area contributed by atoms with Gasteiger partial charge in [0.1, 0.15) is 0 Å². The average molecular weight is 571 g/mol. The van der Waals surface area contributed by atoms with E-state index in [2.05, 4.69) is 6.92 Å². The van der Waals surface area contributed by atoms with E-state index in [1.54, 1.807) is 0 Å². The molecule has 0 atom stereocenters. The van der Waals surface area contributed by atoms with E-state index in [-0.39, 0.29) is 0 Å². The van der Waals surface area contributed by atoms with Gasteiger partial charge in [0.15, 0.2) is 0 Å². The normalized spacial score (nSPS) is 11.3. The maximum absolute atomic E-state index is 10.5. The molecule has 0 amide bonds. The van der Waals surface area contributed by atoms with Crippen LogP contribution in [0.1, 0.15) is 219 Å². The number of unbranched alkanes of at least 4 members (excludes halogenated alkanes) is 32. The van der Waals surface area contributed by atoms with Crippen molar-refractivity contribution in [2.45, 2.75) is 219 Å². The second-order valence-corrected chi connectivity index (χ2v) is 12.7. The molecule has 0 aromatic rings. The van der Waals surface area contributed by atoms with E-state index in [1.165, 1.54) is 199 Å². The van der Waals surface area contributed by atoms with Gasteiger partial charge >= 0.3 is 5.43 Å². The summed E-state index contributed by atoms with van der Waals surface area (Å²) in [5.74, 6) is 0. The van der Waals surface area contributed by atoms with Crippen molar-refractivity contribution in [3.63, 3.8) is 0 Å². The number of carbonyl (C=O) groups excluding carboxylic acids is 1. The number of hydrogen-bond donors (Lipinski definition) is 0. The highest BCUT2D eigenvalue weighted by Crippen LogP contribution is 2.17. The molecule has 0 aliphatic carbocycles. The van der Waals surface area contributed by atoms with Gasteiger partial charge in [-0.3, -0.25) is 0 Å². The summed E-state index contributed by atoms with van der Waals surface area (Å²) in [6.07, 6.45) is 46.8. The SMILES string of the molecule is CCCCCCCCCCCCCCCCCCCCCCCCCCCCCCCCCCCOC(=O)Cl. The zero-order chi connectivity index (χ0) is 28.3. The molecule has 39 heavy (non-hydrogen) atoms. The van der Waals surface area contributed by atoms with Crippen LogP contribution in [0.15, 0.2) is 0 Å². The number of hydrogen-bond acceptors (Lipinski definition) is 2. The predicted molar refractivity (Wildman–Crippen MR) is 175 cm³/mol. The van der Waals surface area contributed by atoms with E-state index in [4.69, 9.17) is 16.3 Å². The molecule has 0 spiro atoms. The van der Waals surface area contributed by atoms with Crippen LogP contribution in [0.3, 0.4) is 0 Å². The van der Waals surface area contributed by atoms with Crippen molar-refractivity contribution in [2.75, 3.05) is 6.61 Å². The van der Waals surface area contributed by atoms with Crippen molar-refractivity contribution in [1.82, 2.24) is 0 Å². The Balaban J connectivity index is 3.02. The maximum Gasteiger partial charge on any atom is 0.403 e. The lowest BCUT2D eigenvalue weighted by molar-refractivity contribution is 0.170. The maximum atomic E-state index is 10.5. The van der Waals surface area contributed by atoms with Crippen LogP contribution in [-0.4, -0.2) is 12.0 Å². The average Bonchev–Trinajstić information content (AvgIpc) is 2.93. The van der Waals surface area contributed by atoms with Gasteiger partial charge in [0.25, 0.3) is 0 Å². The van der Waals surface area contributed by atoms with Crippen LogP contribution in [-0.2, 0) is 4.74 Å². The fourth-order valence-electron chi connectivity index (χ4n) is 5.81. The third kappa shape index (κ3) is 37.8. The van der Waals surface area contributed by atoms with Gasteiger partial charge in [-0.2, -0.15) is 0 Å². The molecule has 0 saturated heterocycles. The van der Waals surface area contributed by atoms with Crippen LogP contribution in [0.4, 0.5) is 4.79 Å². The zero-order valence-electron chi connectivity index (χ0n) is 26.7. The summed E-state index contributed by atoms with van der Waals surface area (Å²) in [5.41, 5.74) is -0.675. The third-order valence-electron chi connectivity index (χ3n) is 8.46. The molecule has 0 saturated carbocycles. The van der Waals surface area contributed by atoms with E-state index in [1.807, 2.05) is 0 Å². The highest BCUT2D eigenvalue weighted by molar-refractivity contribution is 6.61. The molecular formula is C36H71ClO2. The molecule has 0 rings (SSSR count). The van der Waals surface area contributed by atoms with Gasteiger partial charge in [-0.05, 0) is 6.42 Å². The summed E-state index contributed by atoms with van der Waals surface area (Å²) in [7, 11) is 0. The molecule has 0 N–H and O–H groups in total. The van der Waals surface area contributed by atoms with E-state index >= 15 is 0 Å². The van der Waals surface area contributed by atoms with E-state index in [0.717, 1.165) is 12.8 Å². The predicted octanol–water partition coefficient (Wildman–Crippen LogP) is 14.3. The number of carbonyl (C=O) groups is 1. The smallest absolute Gasteiger partial charge is 0.403 e. The Kier molecular flexibility index (Phi) is 35.6. The second-order valence-electron chi connectivity index (χ2n) is 12.4. The lowest BCUT2D eigenvalue weighted by atomic mass is 10.0. The van der Waals surface area contributed by atoms with Crippen molar-refractivity contribution in [3.05, 3.63) is 0 Å². The molecule has 0 aromatic carbocycles. The van der Waals surface area contributed by atoms with Crippen LogP contribution in [0.2, 0.25) is 0 Å². The summed E-state index contributed by atoms with van der Waals surface area (Å²) in [6, 6.07) is 0. The first-order valence-corrected chi connectivity index (χ1v) is 18.5. The van der Waals surface area contributed by atoms with E-state index in [9.17, 15) is 4.79 Å². The van der Waals surface area contributed by atoms with Crippen molar-refractivity contribution in [2.24, 2.45) is 0 Å². The molecule has 0 aromatic heterocycles. The largest absolute Gasteiger partial charge is 0.454 e.